The predicted octanol–water partition coefficient (Wildman–Crippen LogP) is 6.89. The number of hydrogen-bond donors (Lipinski definition) is 1. The van der Waals surface area contributed by atoms with Gasteiger partial charge < -0.3 is 9.67 Å². The lowest BCUT2D eigenvalue weighted by Crippen LogP contribution is -2.09. The molecule has 8 heteroatoms. The monoisotopic (exact) mass is 449 g/mol. The van der Waals surface area contributed by atoms with Gasteiger partial charge in [-0.1, -0.05) is 42.5 Å². The molecule has 166 valence electrons. The average Bonchev–Trinajstić information content (AvgIpc) is 3.06. The van der Waals surface area contributed by atoms with Gasteiger partial charge in [-0.25, -0.2) is 0 Å². The van der Waals surface area contributed by atoms with Crippen molar-refractivity contribution in [1.82, 2.24) is 4.57 Å². The van der Waals surface area contributed by atoms with E-state index in [0.717, 1.165) is 24.3 Å². The maximum atomic E-state index is 13.4. The number of aliphatic hydroxyl groups is 1. The van der Waals surface area contributed by atoms with E-state index in [2.05, 4.69) is 0 Å². The number of alkyl halides is 6. The maximum absolute atomic E-state index is 13.4. The molecule has 0 fully saturated rings. The Bertz CT molecular complexity index is 1260. The van der Waals surface area contributed by atoms with Crippen LogP contribution in [0.1, 0.15) is 22.4 Å². The molecule has 4 aromatic rings. The van der Waals surface area contributed by atoms with Crippen LogP contribution in [0.4, 0.5) is 26.3 Å². The van der Waals surface area contributed by atoms with Crippen molar-refractivity contribution in [3.63, 3.8) is 0 Å². The van der Waals surface area contributed by atoms with Crippen molar-refractivity contribution in [3.05, 3.63) is 95.2 Å². The minimum Gasteiger partial charge on any atom is -0.390 e. The Hall–Kier alpha value is -3.26. The summed E-state index contributed by atoms with van der Waals surface area (Å²) in [4.78, 5) is 0. The first-order valence-electron chi connectivity index (χ1n) is 9.64. The number of benzene rings is 3. The Labute approximate surface area is 179 Å². The Balaban J connectivity index is 1.95. The zero-order valence-corrected chi connectivity index (χ0v) is 16.5. The summed E-state index contributed by atoms with van der Waals surface area (Å²) in [6.07, 6.45) is -9.09. The molecular formula is C24H17F6NO. The Morgan fingerprint density at radius 3 is 2.00 bits per heavy atom. The first kappa shape index (κ1) is 22.0. The summed E-state index contributed by atoms with van der Waals surface area (Å²) in [5, 5.41) is 10.4. The Morgan fingerprint density at radius 1 is 0.719 bits per heavy atom. The molecule has 0 unspecified atom stereocenters. The van der Waals surface area contributed by atoms with Crippen LogP contribution in [0.2, 0.25) is 0 Å². The van der Waals surface area contributed by atoms with Crippen LogP contribution in [-0.2, 0) is 25.5 Å². The summed E-state index contributed by atoms with van der Waals surface area (Å²) in [6.45, 7) is -0.548. The molecule has 3 aromatic carbocycles. The second-order valence-electron chi connectivity index (χ2n) is 7.36. The SMILES string of the molecule is OCc1c(-c2ccccc2)c2cc(C(F)(F)F)ccc2n1Cc1cccc(C(F)(F)F)c1. The highest BCUT2D eigenvalue weighted by molar-refractivity contribution is 5.98. The number of aliphatic hydroxyl groups excluding tert-OH is 1. The van der Waals surface area contributed by atoms with Gasteiger partial charge in [0.2, 0.25) is 0 Å². The molecule has 0 aliphatic rings. The van der Waals surface area contributed by atoms with Gasteiger partial charge in [-0.15, -0.1) is 0 Å². The van der Waals surface area contributed by atoms with Gasteiger partial charge in [0.15, 0.2) is 0 Å². The van der Waals surface area contributed by atoms with Gasteiger partial charge in [0.1, 0.15) is 0 Å². The summed E-state index contributed by atoms with van der Waals surface area (Å²) in [6, 6.07) is 16.6. The lowest BCUT2D eigenvalue weighted by molar-refractivity contribution is -0.138. The average molecular weight is 449 g/mol. The van der Waals surface area contributed by atoms with E-state index in [-0.39, 0.29) is 11.9 Å². The quantitative estimate of drug-likeness (QED) is 0.338. The molecule has 4 rings (SSSR count). The lowest BCUT2D eigenvalue weighted by Gasteiger charge is -2.13. The van der Waals surface area contributed by atoms with E-state index in [1.165, 1.54) is 18.2 Å². The highest BCUT2D eigenvalue weighted by Gasteiger charge is 2.32. The van der Waals surface area contributed by atoms with Gasteiger partial charge in [-0.3, -0.25) is 0 Å². The largest absolute Gasteiger partial charge is 0.416 e. The van der Waals surface area contributed by atoms with E-state index in [0.29, 0.717) is 27.9 Å². The summed E-state index contributed by atoms with van der Waals surface area (Å²) in [5.41, 5.74) is 0.375. The topological polar surface area (TPSA) is 25.2 Å². The van der Waals surface area contributed by atoms with Crippen LogP contribution in [0, 0.1) is 0 Å². The molecule has 32 heavy (non-hydrogen) atoms. The summed E-state index contributed by atoms with van der Waals surface area (Å²) >= 11 is 0. The molecule has 0 atom stereocenters. The van der Waals surface area contributed by atoms with E-state index >= 15 is 0 Å². The molecule has 0 bridgehead atoms. The Kier molecular flexibility index (Phi) is 5.50. The highest BCUT2D eigenvalue weighted by Crippen LogP contribution is 2.39. The molecule has 0 aliphatic carbocycles. The fraction of sp³-hybridized carbons (Fsp3) is 0.167. The molecule has 0 amide bonds. The van der Waals surface area contributed by atoms with Crippen LogP contribution >= 0.6 is 0 Å². The minimum atomic E-state index is -4.56. The van der Waals surface area contributed by atoms with Crippen molar-refractivity contribution in [2.24, 2.45) is 0 Å². The maximum Gasteiger partial charge on any atom is 0.416 e. The molecule has 0 saturated carbocycles. The number of halogens is 6. The zero-order valence-electron chi connectivity index (χ0n) is 16.5. The van der Waals surface area contributed by atoms with Gasteiger partial charge >= 0.3 is 12.4 Å². The van der Waals surface area contributed by atoms with Crippen LogP contribution in [0.3, 0.4) is 0 Å². The van der Waals surface area contributed by atoms with Crippen molar-refractivity contribution < 1.29 is 31.4 Å². The number of nitrogens with zero attached hydrogens (tertiary/aromatic N) is 1. The predicted molar refractivity (Wildman–Crippen MR) is 109 cm³/mol. The molecule has 1 N–H and O–H groups in total. The third-order valence-electron chi connectivity index (χ3n) is 5.31. The number of rotatable bonds is 4. The van der Waals surface area contributed by atoms with Crippen LogP contribution in [0.15, 0.2) is 72.8 Å². The van der Waals surface area contributed by atoms with Crippen LogP contribution in [0.5, 0.6) is 0 Å². The highest BCUT2D eigenvalue weighted by atomic mass is 19.4. The van der Waals surface area contributed by atoms with E-state index in [1.54, 1.807) is 34.9 Å². The molecule has 0 saturated heterocycles. The first-order valence-corrected chi connectivity index (χ1v) is 9.64. The van der Waals surface area contributed by atoms with Crippen molar-refractivity contribution in [2.75, 3.05) is 0 Å². The van der Waals surface area contributed by atoms with E-state index in [1.807, 2.05) is 0 Å². The summed E-state index contributed by atoms with van der Waals surface area (Å²) in [5.74, 6) is 0. The van der Waals surface area contributed by atoms with Gasteiger partial charge in [-0.05, 0) is 41.5 Å². The molecule has 0 radical (unpaired) electrons. The molecule has 2 nitrogen and oxygen atoms in total. The van der Waals surface area contributed by atoms with Gasteiger partial charge in [0.25, 0.3) is 0 Å². The van der Waals surface area contributed by atoms with Crippen LogP contribution in [-0.4, -0.2) is 9.67 Å². The summed E-state index contributed by atoms with van der Waals surface area (Å²) < 4.78 is 81.1. The fourth-order valence-electron chi connectivity index (χ4n) is 3.88. The molecule has 0 aliphatic heterocycles. The van der Waals surface area contributed by atoms with Gasteiger partial charge in [-0.2, -0.15) is 26.3 Å². The lowest BCUT2D eigenvalue weighted by atomic mass is 10.0. The van der Waals surface area contributed by atoms with Crippen molar-refractivity contribution in [2.45, 2.75) is 25.5 Å². The van der Waals surface area contributed by atoms with E-state index < -0.39 is 30.1 Å². The third-order valence-corrected chi connectivity index (χ3v) is 5.31. The Morgan fingerprint density at radius 2 is 1.38 bits per heavy atom. The number of fused-ring (bicyclic) bond motifs is 1. The second-order valence-corrected chi connectivity index (χ2v) is 7.36. The third kappa shape index (κ3) is 4.10. The normalized spacial score (nSPS) is 12.5. The zero-order chi connectivity index (χ0) is 23.1. The summed E-state index contributed by atoms with van der Waals surface area (Å²) in [7, 11) is 0. The van der Waals surface area contributed by atoms with E-state index in [9.17, 15) is 31.4 Å². The van der Waals surface area contributed by atoms with Crippen molar-refractivity contribution in [1.29, 1.82) is 0 Å². The molecule has 0 spiro atoms. The number of hydrogen-bond acceptors (Lipinski definition) is 1. The fourth-order valence-corrected chi connectivity index (χ4v) is 3.88. The van der Waals surface area contributed by atoms with Crippen LogP contribution in [0.25, 0.3) is 22.0 Å². The minimum absolute atomic E-state index is 0.0471. The smallest absolute Gasteiger partial charge is 0.390 e. The first-order chi connectivity index (χ1) is 15.1. The molecular weight excluding hydrogens is 432 g/mol. The molecule has 1 heterocycles. The molecule has 1 aromatic heterocycles. The van der Waals surface area contributed by atoms with E-state index in [4.69, 9.17) is 0 Å². The van der Waals surface area contributed by atoms with Crippen molar-refractivity contribution in [3.8, 4) is 11.1 Å². The standard InChI is InChI=1S/C24H17F6NO/c25-23(26,27)17-8-4-5-15(11-17)13-31-20-10-9-18(24(28,29)30)12-19(20)22(21(31)14-32)16-6-2-1-3-7-16/h1-12,32H,13-14H2. The second kappa shape index (κ2) is 8.02. The van der Waals surface area contributed by atoms with Gasteiger partial charge in [0.05, 0.1) is 23.4 Å². The van der Waals surface area contributed by atoms with Crippen molar-refractivity contribution >= 4 is 10.9 Å². The van der Waals surface area contributed by atoms with Gasteiger partial charge in [0, 0.05) is 23.0 Å². The van der Waals surface area contributed by atoms with Crippen LogP contribution < -0.4 is 0 Å². The number of aromatic nitrogens is 1.